The molecule has 0 aromatic carbocycles. The van der Waals surface area contributed by atoms with Crippen molar-refractivity contribution < 1.29 is 19.5 Å². The fourth-order valence-corrected chi connectivity index (χ4v) is 2.07. The van der Waals surface area contributed by atoms with Gasteiger partial charge >= 0.3 is 0 Å². The van der Waals surface area contributed by atoms with E-state index in [0.29, 0.717) is 0 Å². The molecule has 0 aromatic rings. The molecule has 0 amide bonds. The van der Waals surface area contributed by atoms with Gasteiger partial charge in [0.25, 0.3) is 5.54 Å². The maximum atomic E-state index is 10.8. The van der Waals surface area contributed by atoms with Crippen LogP contribution in [0, 0.1) is 10.1 Å². The van der Waals surface area contributed by atoms with Crippen molar-refractivity contribution in [1.82, 2.24) is 0 Å². The molecule has 0 aromatic heterocycles. The molecule has 2 fully saturated rings. The molecular formula is C9H15NO5. The van der Waals surface area contributed by atoms with E-state index in [2.05, 4.69) is 0 Å². The Labute approximate surface area is 87.3 Å². The van der Waals surface area contributed by atoms with Crippen LogP contribution in [0.15, 0.2) is 0 Å². The van der Waals surface area contributed by atoms with Gasteiger partial charge in [-0.1, -0.05) is 0 Å². The minimum absolute atomic E-state index is 0.0590. The molecule has 0 radical (unpaired) electrons. The average Bonchev–Trinajstić information content (AvgIpc) is 2.68. The summed E-state index contributed by atoms with van der Waals surface area (Å²) in [5.74, 6) is -0.602. The molecule has 0 bridgehead atoms. The Kier molecular flexibility index (Phi) is 2.66. The average molecular weight is 217 g/mol. The van der Waals surface area contributed by atoms with E-state index in [0.717, 1.165) is 25.7 Å². The molecule has 1 saturated carbocycles. The summed E-state index contributed by atoms with van der Waals surface area (Å²) in [6.07, 6.45) is 3.66. The quantitative estimate of drug-likeness (QED) is 0.531. The van der Waals surface area contributed by atoms with E-state index in [1.54, 1.807) is 0 Å². The number of ether oxygens (including phenoxy) is 2. The smallest absolute Gasteiger partial charge is 0.290 e. The van der Waals surface area contributed by atoms with Crippen molar-refractivity contribution in [2.24, 2.45) is 0 Å². The standard InChI is InChI=1S/C9H15NO5/c11-5-8(10(12)13)6-14-9(15-7-8)3-1-2-4-9/h11H,1-7H2. The zero-order valence-electron chi connectivity index (χ0n) is 8.48. The van der Waals surface area contributed by atoms with E-state index in [4.69, 9.17) is 14.6 Å². The van der Waals surface area contributed by atoms with Crippen molar-refractivity contribution in [3.63, 3.8) is 0 Å². The molecule has 15 heavy (non-hydrogen) atoms. The van der Waals surface area contributed by atoms with Crippen LogP contribution >= 0.6 is 0 Å². The van der Waals surface area contributed by atoms with Crippen LogP contribution in [0.2, 0.25) is 0 Å². The van der Waals surface area contributed by atoms with Gasteiger partial charge in [-0.2, -0.15) is 0 Å². The van der Waals surface area contributed by atoms with Crippen molar-refractivity contribution in [2.45, 2.75) is 37.0 Å². The summed E-state index contributed by atoms with van der Waals surface area (Å²) < 4.78 is 10.9. The van der Waals surface area contributed by atoms with Gasteiger partial charge in [-0.15, -0.1) is 0 Å². The molecule has 6 nitrogen and oxygen atoms in total. The van der Waals surface area contributed by atoms with Crippen LogP contribution in [-0.2, 0) is 9.47 Å². The SMILES string of the molecule is O=[N+]([O-])C1(CO)COC2(CCCC2)OC1. The third-order valence-electron chi connectivity index (χ3n) is 3.25. The number of aliphatic hydroxyl groups is 1. The van der Waals surface area contributed by atoms with Gasteiger partial charge in [-0.25, -0.2) is 0 Å². The van der Waals surface area contributed by atoms with Crippen molar-refractivity contribution in [2.75, 3.05) is 19.8 Å². The van der Waals surface area contributed by atoms with Gasteiger partial charge in [-0.05, 0) is 12.8 Å². The summed E-state index contributed by atoms with van der Waals surface area (Å²) >= 11 is 0. The number of nitrogens with zero attached hydrogens (tertiary/aromatic N) is 1. The van der Waals surface area contributed by atoms with Crippen LogP contribution in [0.1, 0.15) is 25.7 Å². The van der Waals surface area contributed by atoms with Crippen LogP contribution in [0.4, 0.5) is 0 Å². The first-order chi connectivity index (χ1) is 7.13. The number of hydrogen-bond donors (Lipinski definition) is 1. The maximum Gasteiger partial charge on any atom is 0.290 e. The van der Waals surface area contributed by atoms with Crippen LogP contribution in [0.5, 0.6) is 0 Å². The van der Waals surface area contributed by atoms with Gasteiger partial charge in [0.1, 0.15) is 19.8 Å². The largest absolute Gasteiger partial charge is 0.389 e. The lowest BCUT2D eigenvalue weighted by Crippen LogP contribution is -2.58. The first kappa shape index (κ1) is 10.8. The number of aliphatic hydroxyl groups excluding tert-OH is 1. The van der Waals surface area contributed by atoms with Crippen molar-refractivity contribution in [3.05, 3.63) is 10.1 Å². The van der Waals surface area contributed by atoms with Gasteiger partial charge in [-0.3, -0.25) is 10.1 Å². The molecule has 0 unspecified atom stereocenters. The molecule has 0 atom stereocenters. The number of hydrogen-bond acceptors (Lipinski definition) is 5. The molecule has 2 aliphatic rings. The van der Waals surface area contributed by atoms with Crippen LogP contribution < -0.4 is 0 Å². The molecule has 6 heteroatoms. The first-order valence-corrected chi connectivity index (χ1v) is 5.16. The lowest BCUT2D eigenvalue weighted by molar-refractivity contribution is -0.599. The lowest BCUT2D eigenvalue weighted by atomic mass is 10.0. The second-order valence-electron chi connectivity index (χ2n) is 4.33. The van der Waals surface area contributed by atoms with E-state index in [1.807, 2.05) is 0 Å². The number of nitro groups is 1. The predicted octanol–water partition coefficient (Wildman–Crippen LogP) is 0.311. The molecule has 1 saturated heterocycles. The van der Waals surface area contributed by atoms with Crippen LogP contribution in [0.25, 0.3) is 0 Å². The Morgan fingerprint density at radius 1 is 1.27 bits per heavy atom. The summed E-state index contributed by atoms with van der Waals surface area (Å²) in [5, 5.41) is 19.8. The Bertz CT molecular complexity index is 251. The highest BCUT2D eigenvalue weighted by atomic mass is 16.7. The van der Waals surface area contributed by atoms with E-state index in [1.165, 1.54) is 0 Å². The monoisotopic (exact) mass is 217 g/mol. The third-order valence-corrected chi connectivity index (χ3v) is 3.25. The molecule has 1 N–H and O–H groups in total. The molecule has 1 aliphatic heterocycles. The van der Waals surface area contributed by atoms with E-state index in [-0.39, 0.29) is 13.2 Å². The highest BCUT2D eigenvalue weighted by Gasteiger charge is 2.53. The summed E-state index contributed by atoms with van der Waals surface area (Å²) in [6, 6.07) is 0. The van der Waals surface area contributed by atoms with Gasteiger partial charge in [0.05, 0.1) is 0 Å². The number of rotatable bonds is 2. The summed E-state index contributed by atoms with van der Waals surface area (Å²) in [6.45, 7) is -0.664. The van der Waals surface area contributed by atoms with Crippen molar-refractivity contribution >= 4 is 0 Å². The second-order valence-corrected chi connectivity index (χ2v) is 4.33. The van der Waals surface area contributed by atoms with Crippen molar-refractivity contribution in [1.29, 1.82) is 0 Å². The van der Waals surface area contributed by atoms with E-state index < -0.39 is 22.9 Å². The van der Waals surface area contributed by atoms with Crippen LogP contribution in [-0.4, -0.2) is 41.2 Å². The van der Waals surface area contributed by atoms with Gasteiger partial charge < -0.3 is 14.6 Å². The first-order valence-electron chi connectivity index (χ1n) is 5.16. The highest BCUT2D eigenvalue weighted by molar-refractivity contribution is 4.88. The Balaban J connectivity index is 2.04. The molecule has 1 aliphatic carbocycles. The van der Waals surface area contributed by atoms with Gasteiger partial charge in [0.2, 0.25) is 0 Å². The fourth-order valence-electron chi connectivity index (χ4n) is 2.07. The minimum Gasteiger partial charge on any atom is -0.389 e. The zero-order valence-corrected chi connectivity index (χ0v) is 8.48. The minimum atomic E-state index is -1.46. The molecular weight excluding hydrogens is 202 g/mol. The Morgan fingerprint density at radius 2 is 1.80 bits per heavy atom. The molecule has 1 spiro atoms. The Morgan fingerprint density at radius 3 is 2.20 bits per heavy atom. The molecule has 86 valence electrons. The second kappa shape index (κ2) is 3.70. The summed E-state index contributed by atoms with van der Waals surface area (Å²) in [5.41, 5.74) is -1.46. The molecule has 2 rings (SSSR count). The van der Waals surface area contributed by atoms with Crippen LogP contribution in [0.3, 0.4) is 0 Å². The van der Waals surface area contributed by atoms with Gasteiger partial charge in [0, 0.05) is 17.8 Å². The Hall–Kier alpha value is -0.720. The summed E-state index contributed by atoms with van der Waals surface area (Å²) in [7, 11) is 0. The maximum absolute atomic E-state index is 10.8. The molecule has 1 heterocycles. The zero-order chi connectivity index (χ0) is 10.9. The van der Waals surface area contributed by atoms with Gasteiger partial charge in [0.15, 0.2) is 5.79 Å². The van der Waals surface area contributed by atoms with E-state index >= 15 is 0 Å². The topological polar surface area (TPSA) is 81.8 Å². The third kappa shape index (κ3) is 1.73. The highest BCUT2D eigenvalue weighted by Crippen LogP contribution is 2.38. The fraction of sp³-hybridized carbons (Fsp3) is 1.00. The van der Waals surface area contributed by atoms with Crippen molar-refractivity contribution in [3.8, 4) is 0 Å². The predicted molar refractivity (Wildman–Crippen MR) is 49.9 cm³/mol. The lowest BCUT2D eigenvalue weighted by Gasteiger charge is -2.39. The van der Waals surface area contributed by atoms with E-state index in [9.17, 15) is 10.1 Å². The summed E-state index contributed by atoms with van der Waals surface area (Å²) in [4.78, 5) is 10.3. The normalized spacial score (nSPS) is 28.1.